The van der Waals surface area contributed by atoms with Gasteiger partial charge in [0, 0.05) is 5.56 Å². The van der Waals surface area contributed by atoms with E-state index < -0.39 is 17.7 Å². The zero-order chi connectivity index (χ0) is 13.8. The molecule has 6 heteroatoms. The zero-order valence-electron chi connectivity index (χ0n) is 9.07. The number of aldehydes is 1. The molecular weight excluding hydrogens is 249 g/mol. The van der Waals surface area contributed by atoms with E-state index >= 15 is 0 Å². The molecule has 1 rings (SSSR count). The first-order chi connectivity index (χ1) is 8.34. The predicted octanol–water partition coefficient (Wildman–Crippen LogP) is 3.01. The van der Waals surface area contributed by atoms with Crippen LogP contribution in [0.25, 0.3) is 6.08 Å². The second-order valence-corrected chi connectivity index (χ2v) is 3.46. The maximum Gasteiger partial charge on any atom is 0.417 e. The smallest absolute Gasteiger partial charge is 0.417 e. The molecule has 0 radical (unpaired) electrons. The van der Waals surface area contributed by atoms with Gasteiger partial charge in [-0.3, -0.25) is 9.59 Å². The fourth-order valence-corrected chi connectivity index (χ4v) is 1.32. The fourth-order valence-electron chi connectivity index (χ4n) is 1.32. The molecule has 0 unspecified atom stereocenters. The summed E-state index contributed by atoms with van der Waals surface area (Å²) >= 11 is 0. The average molecular weight is 258 g/mol. The molecule has 0 aliphatic carbocycles. The normalized spacial score (nSPS) is 11.7. The first kappa shape index (κ1) is 14.0. The quantitative estimate of drug-likeness (QED) is 0.844. The third-order valence-electron chi connectivity index (χ3n) is 2.11. The van der Waals surface area contributed by atoms with Gasteiger partial charge in [0.05, 0.1) is 12.0 Å². The highest BCUT2D eigenvalue weighted by Crippen LogP contribution is 2.33. The lowest BCUT2D eigenvalue weighted by Gasteiger charge is -2.10. The van der Waals surface area contributed by atoms with E-state index in [1.807, 2.05) is 0 Å². The highest BCUT2D eigenvalue weighted by Gasteiger charge is 2.32. The highest BCUT2D eigenvalue weighted by molar-refractivity contribution is 5.77. The molecule has 0 aliphatic heterocycles. The molecule has 1 aromatic carbocycles. The molecule has 96 valence electrons. The van der Waals surface area contributed by atoms with Gasteiger partial charge >= 0.3 is 12.1 Å². The van der Waals surface area contributed by atoms with Crippen molar-refractivity contribution in [1.82, 2.24) is 0 Å². The molecule has 0 aromatic heterocycles. The van der Waals surface area contributed by atoms with Crippen molar-refractivity contribution >= 4 is 18.3 Å². The minimum Gasteiger partial charge on any atom is -0.481 e. The second kappa shape index (κ2) is 5.48. The summed E-state index contributed by atoms with van der Waals surface area (Å²) in [6.07, 6.45) is -2.45. The van der Waals surface area contributed by atoms with E-state index in [4.69, 9.17) is 5.11 Å². The maximum atomic E-state index is 12.7. The Labute approximate surface area is 101 Å². The third kappa shape index (κ3) is 3.73. The number of carboxylic acids is 1. The Bertz CT molecular complexity index is 490. The molecule has 3 nitrogen and oxygen atoms in total. The lowest BCUT2D eigenvalue weighted by atomic mass is 10.0. The summed E-state index contributed by atoms with van der Waals surface area (Å²) in [6, 6.07) is 3.10. The van der Waals surface area contributed by atoms with Gasteiger partial charge in [0.1, 0.15) is 6.29 Å². The van der Waals surface area contributed by atoms with E-state index in [2.05, 4.69) is 0 Å². The van der Waals surface area contributed by atoms with Gasteiger partial charge in [0.2, 0.25) is 0 Å². The molecular formula is C12H9F3O3. The minimum absolute atomic E-state index is 0.0855. The molecule has 1 aromatic rings. The van der Waals surface area contributed by atoms with Crippen molar-refractivity contribution in [3.63, 3.8) is 0 Å². The van der Waals surface area contributed by atoms with Gasteiger partial charge < -0.3 is 5.11 Å². The molecule has 0 atom stereocenters. The number of aliphatic carboxylic acids is 1. The topological polar surface area (TPSA) is 54.4 Å². The van der Waals surface area contributed by atoms with Gasteiger partial charge in [-0.05, 0) is 11.6 Å². The van der Waals surface area contributed by atoms with Gasteiger partial charge in [-0.25, -0.2) is 0 Å². The summed E-state index contributed by atoms with van der Waals surface area (Å²) in [7, 11) is 0. The van der Waals surface area contributed by atoms with Gasteiger partial charge in [0.15, 0.2) is 0 Å². The van der Waals surface area contributed by atoms with E-state index in [9.17, 15) is 22.8 Å². The van der Waals surface area contributed by atoms with Gasteiger partial charge in [-0.2, -0.15) is 13.2 Å². The minimum atomic E-state index is -4.60. The van der Waals surface area contributed by atoms with Crippen LogP contribution in [0.4, 0.5) is 13.2 Å². The van der Waals surface area contributed by atoms with Crippen LogP contribution >= 0.6 is 0 Å². The Morgan fingerprint density at radius 1 is 1.33 bits per heavy atom. The molecule has 0 aliphatic rings. The van der Waals surface area contributed by atoms with E-state index in [0.717, 1.165) is 24.3 Å². The number of hydrogen-bond donors (Lipinski definition) is 1. The number of carbonyl (C=O) groups is 2. The van der Waals surface area contributed by atoms with Crippen molar-refractivity contribution in [3.8, 4) is 0 Å². The van der Waals surface area contributed by atoms with Crippen molar-refractivity contribution in [1.29, 1.82) is 0 Å². The van der Waals surface area contributed by atoms with Crippen LogP contribution in [-0.4, -0.2) is 17.4 Å². The van der Waals surface area contributed by atoms with E-state index in [1.54, 1.807) is 0 Å². The van der Waals surface area contributed by atoms with E-state index in [-0.39, 0.29) is 17.5 Å². The van der Waals surface area contributed by atoms with Gasteiger partial charge in [0.25, 0.3) is 0 Å². The second-order valence-electron chi connectivity index (χ2n) is 3.46. The Morgan fingerprint density at radius 3 is 2.50 bits per heavy atom. The summed E-state index contributed by atoms with van der Waals surface area (Å²) < 4.78 is 38.1. The lowest BCUT2D eigenvalue weighted by molar-refractivity contribution is -0.138. The first-order valence-electron chi connectivity index (χ1n) is 4.89. The molecule has 0 fully saturated rings. The van der Waals surface area contributed by atoms with Gasteiger partial charge in [-0.1, -0.05) is 24.3 Å². The number of benzene rings is 1. The number of carbonyl (C=O) groups excluding carboxylic acids is 1. The molecule has 0 bridgehead atoms. The average Bonchev–Trinajstić information content (AvgIpc) is 2.27. The van der Waals surface area contributed by atoms with Crippen molar-refractivity contribution in [2.45, 2.75) is 12.6 Å². The predicted molar refractivity (Wildman–Crippen MR) is 58.1 cm³/mol. The summed E-state index contributed by atoms with van der Waals surface area (Å²) in [6.45, 7) is 0. The summed E-state index contributed by atoms with van der Waals surface area (Å²) in [5.41, 5.74) is -1.22. The molecule has 0 saturated heterocycles. The Hall–Kier alpha value is -2.11. The Kier molecular flexibility index (Phi) is 4.25. The number of halogens is 3. The number of rotatable bonds is 4. The van der Waals surface area contributed by atoms with Crippen LogP contribution < -0.4 is 0 Å². The van der Waals surface area contributed by atoms with Crippen LogP contribution in [0.5, 0.6) is 0 Å². The molecule has 0 spiro atoms. The van der Waals surface area contributed by atoms with Crippen molar-refractivity contribution < 1.29 is 27.9 Å². The van der Waals surface area contributed by atoms with Crippen LogP contribution in [0.3, 0.4) is 0 Å². The van der Waals surface area contributed by atoms with Crippen LogP contribution in [0.15, 0.2) is 24.3 Å². The van der Waals surface area contributed by atoms with E-state index in [1.165, 1.54) is 6.07 Å². The van der Waals surface area contributed by atoms with Crippen molar-refractivity contribution in [2.24, 2.45) is 0 Å². The third-order valence-corrected chi connectivity index (χ3v) is 2.11. The molecule has 0 heterocycles. The first-order valence-corrected chi connectivity index (χ1v) is 4.89. The van der Waals surface area contributed by atoms with E-state index in [0.29, 0.717) is 6.29 Å². The van der Waals surface area contributed by atoms with Crippen molar-refractivity contribution in [3.05, 3.63) is 41.0 Å². The van der Waals surface area contributed by atoms with Crippen LogP contribution in [0, 0.1) is 0 Å². The zero-order valence-corrected chi connectivity index (χ0v) is 9.07. The number of carboxylic acid groups (broad SMARTS) is 1. The Morgan fingerprint density at radius 2 is 2.00 bits per heavy atom. The number of hydrogen-bond acceptors (Lipinski definition) is 2. The standard InChI is InChI=1S/C12H9F3O3/c13-12(14,15)10-6-8(7-16)4-5-9(10)2-1-3-11(17)18/h1-2,4-7H,3H2,(H,17,18). The highest BCUT2D eigenvalue weighted by atomic mass is 19.4. The molecule has 0 saturated carbocycles. The molecule has 0 amide bonds. The SMILES string of the molecule is O=Cc1ccc(C=CCC(=O)O)c(C(F)(F)F)c1. The molecule has 1 N–H and O–H groups in total. The van der Waals surface area contributed by atoms with Crippen LogP contribution in [-0.2, 0) is 11.0 Å². The fraction of sp³-hybridized carbons (Fsp3) is 0.167. The lowest BCUT2D eigenvalue weighted by Crippen LogP contribution is -2.08. The van der Waals surface area contributed by atoms with Crippen molar-refractivity contribution in [2.75, 3.05) is 0 Å². The summed E-state index contributed by atoms with van der Waals surface area (Å²) in [5, 5.41) is 8.38. The molecule has 18 heavy (non-hydrogen) atoms. The van der Waals surface area contributed by atoms with Crippen LogP contribution in [0.1, 0.15) is 27.9 Å². The maximum absolute atomic E-state index is 12.7. The largest absolute Gasteiger partial charge is 0.481 e. The number of alkyl halides is 3. The van der Waals surface area contributed by atoms with Crippen LogP contribution in [0.2, 0.25) is 0 Å². The summed E-state index contributed by atoms with van der Waals surface area (Å²) in [4.78, 5) is 20.7. The monoisotopic (exact) mass is 258 g/mol. The van der Waals surface area contributed by atoms with Gasteiger partial charge in [-0.15, -0.1) is 0 Å². The Balaban J connectivity index is 3.14. The summed E-state index contributed by atoms with van der Waals surface area (Å²) in [5.74, 6) is -1.13.